The third-order valence-electron chi connectivity index (χ3n) is 3.86. The summed E-state index contributed by atoms with van der Waals surface area (Å²) in [5.41, 5.74) is 5.96. The summed E-state index contributed by atoms with van der Waals surface area (Å²) in [7, 11) is 1.62. The predicted molar refractivity (Wildman–Crippen MR) is 77.4 cm³/mol. The van der Waals surface area contributed by atoms with Gasteiger partial charge in [-0.05, 0) is 25.7 Å². The van der Waals surface area contributed by atoms with Gasteiger partial charge in [0, 0.05) is 25.6 Å². The second-order valence-electron chi connectivity index (χ2n) is 5.68. The fraction of sp³-hybridized carbons (Fsp3) is 0.643. The average molecular weight is 294 g/mol. The van der Waals surface area contributed by atoms with E-state index in [0.717, 1.165) is 19.3 Å². The van der Waals surface area contributed by atoms with Crippen LogP contribution in [-0.4, -0.2) is 41.5 Å². The number of hydrogen-bond donors (Lipinski definition) is 2. The average Bonchev–Trinajstić information content (AvgIpc) is 2.99. The summed E-state index contributed by atoms with van der Waals surface area (Å²) in [6, 6.07) is 1.73. The van der Waals surface area contributed by atoms with E-state index < -0.39 is 0 Å². The summed E-state index contributed by atoms with van der Waals surface area (Å²) in [6.45, 7) is 1.73. The normalized spacial score (nSPS) is 21.3. The number of rotatable bonds is 5. The predicted octanol–water partition coefficient (Wildman–Crippen LogP) is 0.897. The van der Waals surface area contributed by atoms with E-state index in [-0.39, 0.29) is 30.3 Å². The Morgan fingerprint density at radius 1 is 1.52 bits per heavy atom. The summed E-state index contributed by atoms with van der Waals surface area (Å²) < 4.78 is 4.86. The van der Waals surface area contributed by atoms with Gasteiger partial charge in [0.1, 0.15) is 5.76 Å². The molecule has 1 heterocycles. The van der Waals surface area contributed by atoms with Gasteiger partial charge in [-0.2, -0.15) is 0 Å². The first-order valence-electron chi connectivity index (χ1n) is 7.18. The van der Waals surface area contributed by atoms with Gasteiger partial charge >= 0.3 is 0 Å². The van der Waals surface area contributed by atoms with Crippen molar-refractivity contribution in [3.05, 3.63) is 11.8 Å². The van der Waals surface area contributed by atoms with Crippen LogP contribution in [0.1, 0.15) is 31.4 Å². The number of aryl methyl sites for hydroxylation is 1. The Morgan fingerprint density at radius 3 is 2.86 bits per heavy atom. The highest BCUT2D eigenvalue weighted by Gasteiger charge is 2.27. The van der Waals surface area contributed by atoms with Crippen LogP contribution >= 0.6 is 0 Å². The lowest BCUT2D eigenvalue weighted by molar-refractivity contribution is -0.134. The van der Waals surface area contributed by atoms with Crippen molar-refractivity contribution in [1.29, 1.82) is 0 Å². The fourth-order valence-corrected chi connectivity index (χ4v) is 2.61. The van der Waals surface area contributed by atoms with Gasteiger partial charge in [0.05, 0.1) is 6.54 Å². The molecule has 2 amide bonds. The van der Waals surface area contributed by atoms with E-state index in [2.05, 4.69) is 10.5 Å². The Kier molecular flexibility index (Phi) is 4.95. The molecule has 116 valence electrons. The van der Waals surface area contributed by atoms with E-state index in [0.29, 0.717) is 18.0 Å². The second-order valence-corrected chi connectivity index (χ2v) is 5.68. The summed E-state index contributed by atoms with van der Waals surface area (Å²) in [6.07, 6.45) is 3.46. The smallest absolute Gasteiger partial charge is 0.245 e. The van der Waals surface area contributed by atoms with Crippen molar-refractivity contribution >= 4 is 17.6 Å². The van der Waals surface area contributed by atoms with E-state index in [4.69, 9.17) is 10.3 Å². The van der Waals surface area contributed by atoms with E-state index in [9.17, 15) is 9.59 Å². The summed E-state index contributed by atoms with van der Waals surface area (Å²) in [5.74, 6) is 0.862. The minimum atomic E-state index is -0.296. The zero-order valence-electron chi connectivity index (χ0n) is 12.5. The summed E-state index contributed by atoms with van der Waals surface area (Å²) in [4.78, 5) is 25.3. The van der Waals surface area contributed by atoms with Crippen molar-refractivity contribution in [3.8, 4) is 0 Å². The highest BCUT2D eigenvalue weighted by atomic mass is 16.5. The monoisotopic (exact) mass is 294 g/mol. The molecule has 0 saturated heterocycles. The van der Waals surface area contributed by atoms with Crippen molar-refractivity contribution in [2.24, 2.45) is 11.7 Å². The van der Waals surface area contributed by atoms with Gasteiger partial charge in [-0.15, -0.1) is 0 Å². The number of nitrogens with zero attached hydrogens (tertiary/aromatic N) is 2. The topological polar surface area (TPSA) is 101 Å². The largest absolute Gasteiger partial charge is 0.360 e. The van der Waals surface area contributed by atoms with Crippen LogP contribution in [0, 0.1) is 12.8 Å². The number of amides is 2. The number of anilines is 1. The molecule has 1 aromatic rings. The first kappa shape index (κ1) is 15.5. The maximum atomic E-state index is 12.1. The van der Waals surface area contributed by atoms with Crippen LogP contribution in [0.3, 0.4) is 0 Å². The molecule has 2 rings (SSSR count). The standard InChI is InChI=1S/C14H22N4O3/c1-9-6-12(17-21-9)16-13(19)8-18(2)14(20)7-10-4-3-5-11(10)15/h6,10-11H,3-5,7-8,15H2,1-2H3,(H,16,17,19)/t10-,11+/m0/s1. The Labute approximate surface area is 123 Å². The zero-order valence-corrected chi connectivity index (χ0v) is 12.5. The SMILES string of the molecule is Cc1cc(NC(=O)CN(C)C(=O)C[C@@H]2CCC[C@H]2N)no1. The third-order valence-corrected chi connectivity index (χ3v) is 3.86. The second kappa shape index (κ2) is 6.71. The van der Waals surface area contributed by atoms with Gasteiger partial charge in [-0.3, -0.25) is 9.59 Å². The van der Waals surface area contributed by atoms with Gasteiger partial charge in [0.15, 0.2) is 5.82 Å². The molecule has 1 aromatic heterocycles. The molecule has 0 aliphatic heterocycles. The highest BCUT2D eigenvalue weighted by Crippen LogP contribution is 2.27. The van der Waals surface area contributed by atoms with Gasteiger partial charge < -0.3 is 20.5 Å². The number of carbonyl (C=O) groups is 2. The van der Waals surface area contributed by atoms with Gasteiger partial charge in [-0.25, -0.2) is 0 Å². The van der Waals surface area contributed by atoms with E-state index in [1.54, 1.807) is 20.0 Å². The molecule has 0 unspecified atom stereocenters. The maximum Gasteiger partial charge on any atom is 0.245 e. The van der Waals surface area contributed by atoms with Crippen molar-refractivity contribution in [2.75, 3.05) is 18.9 Å². The minimum absolute atomic E-state index is 0.00724. The lowest BCUT2D eigenvalue weighted by atomic mass is 9.99. The molecule has 0 spiro atoms. The zero-order chi connectivity index (χ0) is 15.4. The van der Waals surface area contributed by atoms with Gasteiger partial charge in [0.2, 0.25) is 11.8 Å². The Balaban J connectivity index is 1.78. The van der Waals surface area contributed by atoms with Crippen molar-refractivity contribution in [2.45, 2.75) is 38.6 Å². The van der Waals surface area contributed by atoms with Gasteiger partial charge in [0.25, 0.3) is 0 Å². The molecule has 1 aliphatic carbocycles. The Hall–Kier alpha value is -1.89. The molecular weight excluding hydrogens is 272 g/mol. The first-order chi connectivity index (χ1) is 9.95. The van der Waals surface area contributed by atoms with Crippen LogP contribution in [0.15, 0.2) is 10.6 Å². The van der Waals surface area contributed by atoms with E-state index >= 15 is 0 Å². The molecule has 1 aliphatic rings. The van der Waals surface area contributed by atoms with Crippen molar-refractivity contribution in [1.82, 2.24) is 10.1 Å². The number of aromatic nitrogens is 1. The van der Waals surface area contributed by atoms with Crippen LogP contribution in [0.2, 0.25) is 0 Å². The molecule has 2 atom stereocenters. The summed E-state index contributed by atoms with van der Waals surface area (Å²) >= 11 is 0. The molecule has 21 heavy (non-hydrogen) atoms. The molecule has 0 aromatic carbocycles. The fourth-order valence-electron chi connectivity index (χ4n) is 2.61. The number of hydrogen-bond acceptors (Lipinski definition) is 5. The minimum Gasteiger partial charge on any atom is -0.360 e. The van der Waals surface area contributed by atoms with E-state index in [1.807, 2.05) is 0 Å². The number of likely N-dealkylation sites (N-methyl/N-ethyl adjacent to an activating group) is 1. The molecule has 1 fully saturated rings. The molecule has 0 bridgehead atoms. The quantitative estimate of drug-likeness (QED) is 0.840. The molecule has 7 nitrogen and oxygen atoms in total. The highest BCUT2D eigenvalue weighted by molar-refractivity contribution is 5.93. The summed E-state index contributed by atoms with van der Waals surface area (Å²) in [5, 5.41) is 6.26. The van der Waals surface area contributed by atoms with Crippen LogP contribution in [0.5, 0.6) is 0 Å². The molecule has 3 N–H and O–H groups in total. The van der Waals surface area contributed by atoms with Gasteiger partial charge in [-0.1, -0.05) is 11.6 Å². The Morgan fingerprint density at radius 2 is 2.29 bits per heavy atom. The Bertz CT molecular complexity index is 514. The van der Waals surface area contributed by atoms with Crippen LogP contribution in [0.4, 0.5) is 5.82 Å². The number of nitrogens with two attached hydrogens (primary N) is 1. The van der Waals surface area contributed by atoms with Crippen molar-refractivity contribution in [3.63, 3.8) is 0 Å². The first-order valence-corrected chi connectivity index (χ1v) is 7.18. The molecular formula is C14H22N4O3. The van der Waals surface area contributed by atoms with Crippen LogP contribution in [0.25, 0.3) is 0 Å². The lowest BCUT2D eigenvalue weighted by Gasteiger charge is -2.20. The third kappa shape index (κ3) is 4.29. The lowest BCUT2D eigenvalue weighted by Crippen LogP contribution is -2.37. The van der Waals surface area contributed by atoms with Crippen molar-refractivity contribution < 1.29 is 14.1 Å². The number of carbonyl (C=O) groups excluding carboxylic acids is 2. The maximum absolute atomic E-state index is 12.1. The van der Waals surface area contributed by atoms with Crippen LogP contribution in [-0.2, 0) is 9.59 Å². The van der Waals surface area contributed by atoms with E-state index in [1.165, 1.54) is 4.90 Å². The molecule has 0 radical (unpaired) electrons. The molecule has 1 saturated carbocycles. The van der Waals surface area contributed by atoms with Crippen LogP contribution < -0.4 is 11.1 Å². The molecule has 7 heteroatoms. The number of nitrogens with one attached hydrogen (secondary N) is 1.